The molecular formula is C54H69BrN11O5P. The summed E-state index contributed by atoms with van der Waals surface area (Å²) in [4.78, 5) is 63.4. The predicted octanol–water partition coefficient (Wildman–Crippen LogP) is 8.24. The van der Waals surface area contributed by atoms with Crippen LogP contribution in [0.15, 0.2) is 65.3 Å². The number of piperazine rings is 1. The normalized spacial score (nSPS) is 18.3. The zero-order valence-electron chi connectivity index (χ0n) is 42.5. The molecule has 1 unspecified atom stereocenters. The highest BCUT2D eigenvalue weighted by atomic mass is 79.9. The van der Waals surface area contributed by atoms with E-state index in [0.29, 0.717) is 47.0 Å². The Labute approximate surface area is 432 Å². The van der Waals surface area contributed by atoms with Gasteiger partial charge in [-0.2, -0.15) is 4.98 Å². The number of benzene rings is 3. The number of hydrogen-bond donors (Lipinski definition) is 3. The molecule has 3 aliphatic heterocycles. The van der Waals surface area contributed by atoms with Gasteiger partial charge in [0.1, 0.15) is 24.8 Å². The Balaban J connectivity index is 0.829. The highest BCUT2D eigenvalue weighted by Crippen LogP contribution is 2.43. The van der Waals surface area contributed by atoms with Crippen LogP contribution in [0.5, 0.6) is 5.75 Å². The molecule has 0 bridgehead atoms. The highest BCUT2D eigenvalue weighted by Gasteiger charge is 2.36. The summed E-state index contributed by atoms with van der Waals surface area (Å²) in [6.45, 7) is 17.2. The number of rotatable bonds is 19. The minimum absolute atomic E-state index is 0.215. The number of pyridine rings is 1. The molecule has 2 aromatic heterocycles. The van der Waals surface area contributed by atoms with E-state index >= 15 is 0 Å². The van der Waals surface area contributed by atoms with Crippen LogP contribution in [0, 0.1) is 0 Å². The molecule has 3 saturated heterocycles. The minimum Gasteiger partial charge on any atom is -0.492 e. The van der Waals surface area contributed by atoms with Gasteiger partial charge in [-0.1, -0.05) is 32.0 Å². The van der Waals surface area contributed by atoms with Gasteiger partial charge < -0.3 is 39.5 Å². The summed E-state index contributed by atoms with van der Waals surface area (Å²) in [5.41, 5.74) is 8.65. The van der Waals surface area contributed by atoms with Crippen molar-refractivity contribution < 1.29 is 23.7 Å². The fourth-order valence-corrected chi connectivity index (χ4v) is 12.6. The lowest BCUT2D eigenvalue weighted by atomic mass is 9.99. The first kappa shape index (κ1) is 51.3. The maximum absolute atomic E-state index is 13.8. The fourth-order valence-electron chi connectivity index (χ4n) is 10.8. The Morgan fingerprint density at radius 2 is 1.67 bits per heavy atom. The van der Waals surface area contributed by atoms with Gasteiger partial charge in [0.2, 0.25) is 24.2 Å². The van der Waals surface area contributed by atoms with Crippen LogP contribution in [0.2, 0.25) is 0 Å². The summed E-state index contributed by atoms with van der Waals surface area (Å²) >= 11 is 3.65. The summed E-state index contributed by atoms with van der Waals surface area (Å²) in [5.74, 6) is 0.972. The number of halogens is 1. The van der Waals surface area contributed by atoms with Crippen molar-refractivity contribution in [3.8, 4) is 5.75 Å². The molecule has 3 amide bonds. The molecule has 9 rings (SSSR count). The average Bonchev–Trinajstić information content (AvgIpc) is 4.24. The monoisotopic (exact) mass is 1060 g/mol. The molecule has 1 aliphatic carbocycles. The maximum Gasteiger partial charge on any atom is 0.249 e. The van der Waals surface area contributed by atoms with Crippen LogP contribution in [0.1, 0.15) is 76.1 Å². The molecule has 1 saturated carbocycles. The number of carbonyl (C=O) groups is 3. The van der Waals surface area contributed by atoms with Crippen molar-refractivity contribution in [1.82, 2.24) is 30.1 Å². The number of ether oxygens (including phenoxy) is 1. The van der Waals surface area contributed by atoms with Crippen LogP contribution in [0.3, 0.4) is 0 Å². The third-order valence-electron chi connectivity index (χ3n) is 14.8. The molecule has 3 aromatic carbocycles. The molecular weight excluding hydrogens is 994 g/mol. The fraction of sp³-hybridized carbons (Fsp3) is 0.481. The van der Waals surface area contributed by atoms with E-state index in [2.05, 4.69) is 95.6 Å². The quantitative estimate of drug-likeness (QED) is 0.0411. The van der Waals surface area contributed by atoms with Crippen LogP contribution in [0.25, 0.3) is 10.9 Å². The lowest BCUT2D eigenvalue weighted by molar-refractivity contribution is -0.134. The molecule has 5 aromatic rings. The Morgan fingerprint density at radius 1 is 0.889 bits per heavy atom. The van der Waals surface area contributed by atoms with Gasteiger partial charge in [0.25, 0.3) is 0 Å². The Kier molecular flexibility index (Phi) is 15.9. The Morgan fingerprint density at radius 3 is 2.35 bits per heavy atom. The van der Waals surface area contributed by atoms with E-state index in [0.717, 1.165) is 142 Å². The summed E-state index contributed by atoms with van der Waals surface area (Å²) in [5, 5.41) is 11.0. The van der Waals surface area contributed by atoms with Crippen molar-refractivity contribution in [3.05, 3.63) is 82.1 Å². The predicted molar refractivity (Wildman–Crippen MR) is 293 cm³/mol. The van der Waals surface area contributed by atoms with Crippen molar-refractivity contribution in [2.45, 2.75) is 96.7 Å². The molecule has 18 heteroatoms. The Bertz CT molecular complexity index is 2860. The SMILES string of the molecule is CCOc1cc(N2CCC(N3CCN(CCc4cccc(N(C=O)C5CCC(=O)NC5=O)c4N(C)C4CC4)CC3)CC2)c(CC)cc1Nc1ncc(Br)c(Nc2ccc3nc(CC)ccc3c2P(C)(C)=O)n1. The second kappa shape index (κ2) is 22.2. The van der Waals surface area contributed by atoms with E-state index in [-0.39, 0.29) is 12.3 Å². The number of nitrogens with one attached hydrogen (secondary N) is 3. The van der Waals surface area contributed by atoms with E-state index in [1.165, 1.54) is 21.7 Å². The molecule has 4 aliphatic rings. The topological polar surface area (TPSA) is 168 Å². The van der Waals surface area contributed by atoms with E-state index in [9.17, 15) is 18.9 Å². The van der Waals surface area contributed by atoms with Gasteiger partial charge >= 0.3 is 0 Å². The van der Waals surface area contributed by atoms with E-state index in [4.69, 9.17) is 14.7 Å². The second-order valence-electron chi connectivity index (χ2n) is 19.9. The molecule has 0 spiro atoms. The number of nitrogens with zero attached hydrogens (tertiary/aromatic N) is 8. The summed E-state index contributed by atoms with van der Waals surface area (Å²) in [6.07, 6.45) is 9.87. The first-order valence-electron chi connectivity index (χ1n) is 25.7. The summed E-state index contributed by atoms with van der Waals surface area (Å²) < 4.78 is 20.8. The van der Waals surface area contributed by atoms with Gasteiger partial charge in [-0.3, -0.25) is 29.6 Å². The van der Waals surface area contributed by atoms with Crippen LogP contribution in [-0.2, 0) is 38.2 Å². The lowest BCUT2D eigenvalue weighted by Gasteiger charge is -2.43. The van der Waals surface area contributed by atoms with Crippen LogP contribution in [-0.4, -0.2) is 134 Å². The van der Waals surface area contributed by atoms with Gasteiger partial charge in [0.05, 0.1) is 39.3 Å². The lowest BCUT2D eigenvalue weighted by Crippen LogP contribution is -2.53. The molecule has 5 heterocycles. The number of aromatic nitrogens is 3. The van der Waals surface area contributed by atoms with Crippen molar-refractivity contribution in [2.24, 2.45) is 0 Å². The number of anilines is 7. The third-order valence-corrected chi connectivity index (χ3v) is 17.0. The van der Waals surface area contributed by atoms with Gasteiger partial charge in [0.15, 0.2) is 0 Å². The standard InChI is InChI=1S/C54H69BrN11O5P/c1-7-35-31-44(59-54-56-33-41(55)52(61-54)58-43-18-17-42-40(51(43)72(5,6)70)16-13-37(8-2)57-42)48(71-9-3)32-47(35)65-25-22-39(23-26-65)64-29-27-63(28-30-64)24-21-36-11-10-12-45(50(36)62(4)38-14-15-38)66(34-67)46-19-20-49(68)60-53(46)69/h10-13,16-18,31-34,38-39,46H,7-9,14-15,19-30H2,1-6H3,(H,60,68,69)(H2,56,58,59,61). The number of para-hydroxylation sites is 1. The van der Waals surface area contributed by atoms with Crippen molar-refractivity contribution in [2.75, 3.05) is 98.1 Å². The molecule has 72 heavy (non-hydrogen) atoms. The molecule has 1 atom stereocenters. The first-order chi connectivity index (χ1) is 34.8. The summed E-state index contributed by atoms with van der Waals surface area (Å²) in [6, 6.07) is 18.6. The first-order valence-corrected chi connectivity index (χ1v) is 29.1. The minimum atomic E-state index is -2.75. The van der Waals surface area contributed by atoms with Crippen molar-refractivity contribution in [1.29, 1.82) is 0 Å². The zero-order chi connectivity index (χ0) is 50.7. The second-order valence-corrected chi connectivity index (χ2v) is 23.9. The molecule has 3 N–H and O–H groups in total. The number of piperidine rings is 2. The van der Waals surface area contributed by atoms with Crippen molar-refractivity contribution in [3.63, 3.8) is 0 Å². The third kappa shape index (κ3) is 11.3. The van der Waals surface area contributed by atoms with Crippen LogP contribution < -0.4 is 40.7 Å². The van der Waals surface area contributed by atoms with Gasteiger partial charge in [0, 0.05) is 106 Å². The van der Waals surface area contributed by atoms with Crippen LogP contribution in [0.4, 0.5) is 40.2 Å². The number of amides is 3. The number of imide groups is 1. The van der Waals surface area contributed by atoms with Gasteiger partial charge in [-0.05, 0) is 129 Å². The highest BCUT2D eigenvalue weighted by molar-refractivity contribution is 9.10. The van der Waals surface area contributed by atoms with Crippen molar-refractivity contribution >= 4 is 97.7 Å². The molecule has 0 radical (unpaired) electrons. The van der Waals surface area contributed by atoms with Gasteiger partial charge in [-0.15, -0.1) is 0 Å². The number of carbonyl (C=O) groups excluding carboxylic acids is 3. The molecule has 16 nitrogen and oxygen atoms in total. The largest absolute Gasteiger partial charge is 0.492 e. The number of hydrogen-bond acceptors (Lipinski definition) is 14. The Hall–Kier alpha value is -5.61. The average molecular weight is 1060 g/mol. The van der Waals surface area contributed by atoms with E-state index in [1.54, 1.807) is 19.5 Å². The molecule has 382 valence electrons. The number of fused-ring (bicyclic) bond motifs is 1. The molecule has 4 fully saturated rings. The van der Waals surface area contributed by atoms with Crippen LogP contribution >= 0.6 is 23.1 Å². The maximum atomic E-state index is 13.8. The van der Waals surface area contributed by atoms with E-state index in [1.807, 2.05) is 43.3 Å². The zero-order valence-corrected chi connectivity index (χ0v) is 45.0. The smallest absolute Gasteiger partial charge is 0.249 e. The van der Waals surface area contributed by atoms with E-state index < -0.39 is 19.1 Å². The number of aryl methyl sites for hydroxylation is 2. The summed E-state index contributed by atoms with van der Waals surface area (Å²) in [7, 11) is -0.648. The van der Waals surface area contributed by atoms with Gasteiger partial charge in [-0.25, -0.2) is 4.98 Å².